The number of fused-ring (bicyclic) bond motifs is 3. The second-order valence-electron chi connectivity index (χ2n) is 6.94. The highest BCUT2D eigenvalue weighted by atomic mass is 32.2. The van der Waals surface area contributed by atoms with Gasteiger partial charge in [-0.25, -0.2) is 4.68 Å². The van der Waals surface area contributed by atoms with Gasteiger partial charge in [-0.1, -0.05) is 18.2 Å². The number of carbonyl (C=O) groups is 1. The van der Waals surface area contributed by atoms with Crippen LogP contribution < -0.4 is 0 Å². The van der Waals surface area contributed by atoms with Gasteiger partial charge in [0.15, 0.2) is 5.69 Å². The number of benzene rings is 1. The Bertz CT molecular complexity index is 1060. The van der Waals surface area contributed by atoms with E-state index in [0.717, 1.165) is 33.8 Å². The number of ether oxygens (including phenoxy) is 1. The van der Waals surface area contributed by atoms with Crippen molar-refractivity contribution in [2.75, 3.05) is 26.3 Å². The number of hydrogen-bond donors (Lipinski definition) is 0. The summed E-state index contributed by atoms with van der Waals surface area (Å²) in [6.45, 7) is 4.41. The summed E-state index contributed by atoms with van der Waals surface area (Å²) >= 11 is 1.76. The first kappa shape index (κ1) is 17.5. The van der Waals surface area contributed by atoms with E-state index in [1.807, 2.05) is 40.9 Å². The number of carbonyl (C=O) groups excluding carboxylic acids is 1. The predicted molar refractivity (Wildman–Crippen MR) is 108 cm³/mol. The largest absolute Gasteiger partial charge is 0.378 e. The minimum atomic E-state index is -0.0141. The zero-order valence-electron chi connectivity index (χ0n) is 15.6. The Balaban J connectivity index is 1.71. The molecule has 2 aromatic heterocycles. The first-order valence-corrected chi connectivity index (χ1v) is 10.3. The molecule has 7 heteroatoms. The van der Waals surface area contributed by atoms with Gasteiger partial charge < -0.3 is 9.64 Å². The van der Waals surface area contributed by atoms with Crippen molar-refractivity contribution in [1.29, 1.82) is 0 Å². The summed E-state index contributed by atoms with van der Waals surface area (Å²) in [5, 5.41) is 4.83. The minimum Gasteiger partial charge on any atom is -0.378 e. The maximum absolute atomic E-state index is 13.3. The van der Waals surface area contributed by atoms with Crippen LogP contribution in [0.25, 0.3) is 16.9 Å². The normalized spacial score (nSPS) is 15.8. The van der Waals surface area contributed by atoms with Crippen LogP contribution in [0, 0.1) is 6.92 Å². The lowest BCUT2D eigenvalue weighted by Crippen LogP contribution is -2.41. The van der Waals surface area contributed by atoms with Crippen LogP contribution in [0.4, 0.5) is 0 Å². The summed E-state index contributed by atoms with van der Waals surface area (Å²) in [5.41, 5.74) is 5.64. The van der Waals surface area contributed by atoms with Crippen molar-refractivity contribution < 1.29 is 9.53 Å². The lowest BCUT2D eigenvalue weighted by molar-refractivity contribution is 0.0298. The van der Waals surface area contributed by atoms with Crippen molar-refractivity contribution >= 4 is 17.7 Å². The molecular formula is C21H20N4O2S. The van der Waals surface area contributed by atoms with E-state index in [2.05, 4.69) is 17.1 Å². The first-order chi connectivity index (χ1) is 13.7. The lowest BCUT2D eigenvalue weighted by atomic mass is 10.0. The van der Waals surface area contributed by atoms with E-state index in [4.69, 9.17) is 9.84 Å². The highest BCUT2D eigenvalue weighted by molar-refractivity contribution is 7.98. The molecule has 0 radical (unpaired) electrons. The second kappa shape index (κ2) is 7.07. The van der Waals surface area contributed by atoms with E-state index < -0.39 is 0 Å². The van der Waals surface area contributed by atoms with Crippen LogP contribution in [-0.2, 0) is 10.5 Å². The minimum absolute atomic E-state index is 0.0141. The highest BCUT2D eigenvalue weighted by Gasteiger charge is 2.32. The number of aryl methyl sites for hydroxylation is 1. The number of amides is 1. The topological polar surface area (TPSA) is 60.2 Å². The summed E-state index contributed by atoms with van der Waals surface area (Å²) in [4.78, 5) is 20.6. The zero-order valence-corrected chi connectivity index (χ0v) is 16.4. The molecule has 0 spiro atoms. The Hall–Kier alpha value is -2.64. The Morgan fingerprint density at radius 1 is 1.18 bits per heavy atom. The number of pyridine rings is 1. The smallest absolute Gasteiger partial charge is 0.274 e. The van der Waals surface area contributed by atoms with Crippen molar-refractivity contribution in [2.24, 2.45) is 0 Å². The van der Waals surface area contributed by atoms with Crippen LogP contribution in [0.5, 0.6) is 0 Å². The van der Waals surface area contributed by atoms with E-state index in [-0.39, 0.29) is 5.91 Å². The van der Waals surface area contributed by atoms with E-state index in [1.165, 1.54) is 4.90 Å². The SMILES string of the molecule is Cc1ccncc1-n1nc(C(=O)N2CCOCC2)c2c1-c1ccccc1SC2. The van der Waals surface area contributed by atoms with Gasteiger partial charge in [-0.3, -0.25) is 9.78 Å². The van der Waals surface area contributed by atoms with Crippen LogP contribution in [0.1, 0.15) is 21.6 Å². The molecule has 0 aliphatic carbocycles. The van der Waals surface area contributed by atoms with Crippen molar-refractivity contribution in [3.05, 3.63) is 59.5 Å². The van der Waals surface area contributed by atoms with Crippen molar-refractivity contribution in [1.82, 2.24) is 19.7 Å². The molecule has 142 valence electrons. The van der Waals surface area contributed by atoms with E-state index in [0.29, 0.717) is 32.0 Å². The van der Waals surface area contributed by atoms with Gasteiger partial charge in [0.2, 0.25) is 0 Å². The molecule has 4 heterocycles. The molecule has 0 saturated carbocycles. The Kier molecular flexibility index (Phi) is 4.41. The van der Waals surface area contributed by atoms with Gasteiger partial charge >= 0.3 is 0 Å². The van der Waals surface area contributed by atoms with Crippen molar-refractivity contribution in [2.45, 2.75) is 17.6 Å². The van der Waals surface area contributed by atoms with Crippen LogP contribution in [0.3, 0.4) is 0 Å². The lowest BCUT2D eigenvalue weighted by Gasteiger charge is -2.26. The molecule has 5 rings (SSSR count). The van der Waals surface area contributed by atoms with E-state index in [1.54, 1.807) is 18.0 Å². The highest BCUT2D eigenvalue weighted by Crippen LogP contribution is 2.44. The molecule has 2 aliphatic rings. The molecule has 0 atom stereocenters. The quantitative estimate of drug-likeness (QED) is 0.670. The third-order valence-electron chi connectivity index (χ3n) is 5.24. The predicted octanol–water partition coefficient (Wildman–Crippen LogP) is 3.32. The number of nitrogens with zero attached hydrogens (tertiary/aromatic N) is 4. The molecule has 28 heavy (non-hydrogen) atoms. The first-order valence-electron chi connectivity index (χ1n) is 9.36. The summed E-state index contributed by atoms with van der Waals surface area (Å²) in [7, 11) is 0. The number of rotatable bonds is 2. The molecular weight excluding hydrogens is 372 g/mol. The molecule has 3 aromatic rings. The van der Waals surface area contributed by atoms with Crippen LogP contribution in [0.15, 0.2) is 47.6 Å². The molecule has 0 bridgehead atoms. The van der Waals surface area contributed by atoms with Gasteiger partial charge in [-0.15, -0.1) is 11.8 Å². The van der Waals surface area contributed by atoms with Gasteiger partial charge in [0, 0.05) is 41.1 Å². The second-order valence-corrected chi connectivity index (χ2v) is 7.96. The molecule has 1 fully saturated rings. The standard InChI is InChI=1S/C21H20N4O2S/c1-14-6-7-22-12-17(14)25-20-15-4-2-3-5-18(15)28-13-16(20)19(23-25)21(26)24-8-10-27-11-9-24/h2-7,12H,8-11,13H2,1H3. The fourth-order valence-corrected chi connectivity index (χ4v) is 4.81. The summed E-state index contributed by atoms with van der Waals surface area (Å²) < 4.78 is 7.31. The molecule has 0 unspecified atom stereocenters. The third-order valence-corrected chi connectivity index (χ3v) is 6.34. The van der Waals surface area contributed by atoms with Gasteiger partial charge in [-0.2, -0.15) is 5.10 Å². The Morgan fingerprint density at radius 2 is 2.00 bits per heavy atom. The maximum Gasteiger partial charge on any atom is 0.274 e. The fourth-order valence-electron chi connectivity index (χ4n) is 3.74. The monoisotopic (exact) mass is 392 g/mol. The number of aromatic nitrogens is 3. The Labute approximate surface area is 167 Å². The van der Waals surface area contributed by atoms with Crippen molar-refractivity contribution in [3.8, 4) is 16.9 Å². The Morgan fingerprint density at radius 3 is 2.82 bits per heavy atom. The number of hydrogen-bond acceptors (Lipinski definition) is 5. The summed E-state index contributed by atoms with van der Waals surface area (Å²) in [6.07, 6.45) is 3.59. The van der Waals surface area contributed by atoms with Crippen LogP contribution >= 0.6 is 11.8 Å². The third kappa shape index (κ3) is 2.82. The zero-order chi connectivity index (χ0) is 19.1. The molecule has 1 aromatic carbocycles. The summed E-state index contributed by atoms with van der Waals surface area (Å²) in [5.74, 6) is 0.719. The number of thioether (sulfide) groups is 1. The van der Waals surface area contributed by atoms with Gasteiger partial charge in [-0.05, 0) is 24.6 Å². The molecule has 0 N–H and O–H groups in total. The average molecular weight is 392 g/mol. The number of morpholine rings is 1. The molecule has 2 aliphatic heterocycles. The summed E-state index contributed by atoms with van der Waals surface area (Å²) in [6, 6.07) is 10.3. The molecule has 6 nitrogen and oxygen atoms in total. The van der Waals surface area contributed by atoms with Crippen LogP contribution in [-0.4, -0.2) is 51.9 Å². The van der Waals surface area contributed by atoms with E-state index >= 15 is 0 Å². The maximum atomic E-state index is 13.3. The van der Waals surface area contributed by atoms with Gasteiger partial charge in [0.05, 0.1) is 30.8 Å². The van der Waals surface area contributed by atoms with Gasteiger partial charge in [0.1, 0.15) is 0 Å². The molecule has 1 saturated heterocycles. The van der Waals surface area contributed by atoms with E-state index in [9.17, 15) is 4.79 Å². The fraction of sp³-hybridized carbons (Fsp3) is 0.286. The van der Waals surface area contributed by atoms with Crippen molar-refractivity contribution in [3.63, 3.8) is 0 Å². The van der Waals surface area contributed by atoms with Gasteiger partial charge in [0.25, 0.3) is 5.91 Å². The molecule has 1 amide bonds. The van der Waals surface area contributed by atoms with Crippen LogP contribution in [0.2, 0.25) is 0 Å². The average Bonchev–Trinajstić information content (AvgIpc) is 3.14.